The maximum Gasteiger partial charge on any atom is 0.416 e. The minimum Gasteiger partial charge on any atom is -0.481 e. The largest absolute Gasteiger partial charge is 0.481 e. The zero-order chi connectivity index (χ0) is 18.1. The summed E-state index contributed by atoms with van der Waals surface area (Å²) < 4.78 is 44.6. The van der Waals surface area contributed by atoms with E-state index in [2.05, 4.69) is 0 Å². The highest BCUT2D eigenvalue weighted by molar-refractivity contribution is 6.34. The van der Waals surface area contributed by atoms with Gasteiger partial charge in [0.05, 0.1) is 34.8 Å². The molecule has 5 nitrogen and oxygen atoms in total. The van der Waals surface area contributed by atoms with Crippen molar-refractivity contribution >= 4 is 29.2 Å². The molecule has 1 amide bonds. The third kappa shape index (κ3) is 2.20. The second kappa shape index (κ2) is 4.98. The van der Waals surface area contributed by atoms with E-state index in [1.54, 1.807) is 12.2 Å². The molecule has 3 heterocycles. The highest BCUT2D eigenvalue weighted by Gasteiger charge is 2.67. The molecule has 3 aliphatic heterocycles. The van der Waals surface area contributed by atoms with Crippen LogP contribution in [0.2, 0.25) is 5.02 Å². The number of carboxylic acids is 1. The number of nitrogens with zero attached hydrogens (tertiary/aromatic N) is 1. The molecule has 0 aromatic heterocycles. The zero-order valence-corrected chi connectivity index (χ0v) is 13.2. The van der Waals surface area contributed by atoms with E-state index in [1.807, 2.05) is 0 Å². The Morgan fingerprint density at radius 1 is 1.40 bits per heavy atom. The molecule has 0 unspecified atom stereocenters. The molecule has 0 radical (unpaired) electrons. The van der Waals surface area contributed by atoms with Gasteiger partial charge in [-0.05, 0) is 18.2 Å². The van der Waals surface area contributed by atoms with Crippen molar-refractivity contribution in [3.8, 4) is 0 Å². The van der Waals surface area contributed by atoms with Crippen molar-refractivity contribution in [1.29, 1.82) is 0 Å². The Balaban J connectivity index is 1.76. The fraction of sp³-hybridized carbons (Fsp3) is 0.375. The number of carbonyl (C=O) groups excluding carboxylic acids is 1. The highest BCUT2D eigenvalue weighted by Crippen LogP contribution is 2.53. The molecule has 2 bridgehead atoms. The summed E-state index contributed by atoms with van der Waals surface area (Å²) in [6.45, 7) is -0.0751. The standard InChI is InChI=1S/C16H11ClF3NO4/c17-8-2-1-7(16(18,19)20)5-9(8)21-6-15-4-3-10(25-15)11(14(23)24)12(15)13(21)22/h1-5,10-12H,6H2,(H,23,24)/t10-,11+,12-,15+/m1/s1. The average molecular weight is 374 g/mol. The SMILES string of the molecule is O=C(O)[C@H]1[C@H]2C=C[C@@]3(CN(c4cc(C(F)(F)F)ccc4Cl)C(=O)[C@@H]13)O2. The Labute approximate surface area is 144 Å². The Hall–Kier alpha value is -2.06. The van der Waals surface area contributed by atoms with Crippen LogP contribution >= 0.6 is 11.6 Å². The van der Waals surface area contributed by atoms with Crippen LogP contribution in [0.5, 0.6) is 0 Å². The van der Waals surface area contributed by atoms with Gasteiger partial charge in [0.1, 0.15) is 11.5 Å². The van der Waals surface area contributed by atoms with Gasteiger partial charge in [-0.2, -0.15) is 13.2 Å². The average Bonchev–Trinajstić information content (AvgIpc) is 3.15. The first kappa shape index (κ1) is 16.4. The number of anilines is 1. The third-order valence-electron chi connectivity index (χ3n) is 4.95. The Morgan fingerprint density at radius 2 is 2.12 bits per heavy atom. The van der Waals surface area contributed by atoms with E-state index in [9.17, 15) is 27.9 Å². The number of amides is 1. The first-order valence-electron chi connectivity index (χ1n) is 7.42. The maximum absolute atomic E-state index is 13.0. The predicted octanol–water partition coefficient (Wildman–Crippen LogP) is 2.73. The summed E-state index contributed by atoms with van der Waals surface area (Å²) in [5.74, 6) is -3.82. The maximum atomic E-state index is 13.0. The van der Waals surface area contributed by atoms with E-state index in [0.29, 0.717) is 0 Å². The normalized spacial score (nSPS) is 33.2. The van der Waals surface area contributed by atoms with Crippen LogP contribution in [0.3, 0.4) is 0 Å². The van der Waals surface area contributed by atoms with Crippen LogP contribution in [0.4, 0.5) is 18.9 Å². The number of benzene rings is 1. The van der Waals surface area contributed by atoms with Gasteiger partial charge in [0.2, 0.25) is 5.91 Å². The molecule has 9 heteroatoms. The second-order valence-electron chi connectivity index (χ2n) is 6.33. The summed E-state index contributed by atoms with van der Waals surface area (Å²) in [5.41, 5.74) is -2.18. The third-order valence-corrected chi connectivity index (χ3v) is 5.27. The molecule has 3 aliphatic rings. The lowest BCUT2D eigenvalue weighted by Crippen LogP contribution is -2.39. The Bertz CT molecular complexity index is 824. The molecule has 4 rings (SSSR count). The summed E-state index contributed by atoms with van der Waals surface area (Å²) in [7, 11) is 0. The second-order valence-corrected chi connectivity index (χ2v) is 6.73. The molecule has 25 heavy (non-hydrogen) atoms. The molecule has 1 N–H and O–H groups in total. The number of alkyl halides is 3. The van der Waals surface area contributed by atoms with Crippen molar-refractivity contribution in [1.82, 2.24) is 0 Å². The lowest BCUT2D eigenvalue weighted by atomic mass is 9.77. The van der Waals surface area contributed by atoms with Gasteiger partial charge in [-0.3, -0.25) is 9.59 Å². The summed E-state index contributed by atoms with van der Waals surface area (Å²) in [6, 6.07) is 2.69. The van der Waals surface area contributed by atoms with Crippen LogP contribution in [-0.2, 0) is 20.5 Å². The number of carbonyl (C=O) groups is 2. The molecular formula is C16H11ClF3NO4. The first-order chi connectivity index (χ1) is 11.6. The van der Waals surface area contributed by atoms with Gasteiger partial charge < -0.3 is 14.7 Å². The van der Waals surface area contributed by atoms with Crippen molar-refractivity contribution in [3.63, 3.8) is 0 Å². The van der Waals surface area contributed by atoms with Gasteiger partial charge >= 0.3 is 12.1 Å². The van der Waals surface area contributed by atoms with E-state index in [-0.39, 0.29) is 17.3 Å². The quantitative estimate of drug-likeness (QED) is 0.809. The van der Waals surface area contributed by atoms with Gasteiger partial charge in [0.25, 0.3) is 0 Å². The molecule has 1 aromatic rings. The van der Waals surface area contributed by atoms with E-state index in [4.69, 9.17) is 16.3 Å². The topological polar surface area (TPSA) is 66.8 Å². The molecule has 1 spiro atoms. The molecule has 132 valence electrons. The lowest BCUT2D eigenvalue weighted by molar-refractivity contribution is -0.146. The molecule has 2 fully saturated rings. The van der Waals surface area contributed by atoms with E-state index >= 15 is 0 Å². The van der Waals surface area contributed by atoms with Gasteiger partial charge in [0, 0.05) is 0 Å². The number of rotatable bonds is 2. The number of ether oxygens (including phenoxy) is 1. The molecule has 2 saturated heterocycles. The van der Waals surface area contributed by atoms with Crippen molar-refractivity contribution in [2.24, 2.45) is 11.8 Å². The number of halogens is 4. The molecule has 0 aliphatic carbocycles. The van der Waals surface area contributed by atoms with Gasteiger partial charge in [-0.15, -0.1) is 0 Å². The van der Waals surface area contributed by atoms with E-state index in [1.165, 1.54) is 0 Å². The minimum absolute atomic E-state index is 0.0249. The summed E-state index contributed by atoms with van der Waals surface area (Å²) >= 11 is 6.01. The van der Waals surface area contributed by atoms with E-state index in [0.717, 1.165) is 23.1 Å². The molecular weight excluding hydrogens is 363 g/mol. The number of aliphatic carboxylic acids is 1. The fourth-order valence-corrected chi connectivity index (χ4v) is 4.10. The van der Waals surface area contributed by atoms with Crippen molar-refractivity contribution in [3.05, 3.63) is 40.9 Å². The molecule has 4 atom stereocenters. The Morgan fingerprint density at radius 3 is 2.76 bits per heavy atom. The number of hydrogen-bond acceptors (Lipinski definition) is 3. The van der Waals surface area contributed by atoms with Crippen LogP contribution < -0.4 is 4.90 Å². The summed E-state index contributed by atoms with van der Waals surface area (Å²) in [4.78, 5) is 25.4. The van der Waals surface area contributed by atoms with Crippen molar-refractivity contribution in [2.75, 3.05) is 11.4 Å². The van der Waals surface area contributed by atoms with Gasteiger partial charge in [-0.25, -0.2) is 0 Å². The van der Waals surface area contributed by atoms with Crippen molar-refractivity contribution < 1.29 is 32.6 Å². The van der Waals surface area contributed by atoms with Crippen LogP contribution in [0.25, 0.3) is 0 Å². The van der Waals surface area contributed by atoms with Crippen molar-refractivity contribution in [2.45, 2.75) is 17.9 Å². The van der Waals surface area contributed by atoms with E-state index < -0.39 is 47.2 Å². The zero-order valence-electron chi connectivity index (χ0n) is 12.5. The number of hydrogen-bond donors (Lipinski definition) is 1. The van der Waals surface area contributed by atoms with Crippen LogP contribution in [0.1, 0.15) is 5.56 Å². The Kier molecular flexibility index (Phi) is 3.27. The number of fused-ring (bicyclic) bond motifs is 1. The van der Waals surface area contributed by atoms with Gasteiger partial charge in [-0.1, -0.05) is 23.8 Å². The summed E-state index contributed by atoms with van der Waals surface area (Å²) in [6.07, 6.45) is -2.08. The minimum atomic E-state index is -4.59. The monoisotopic (exact) mass is 373 g/mol. The highest BCUT2D eigenvalue weighted by atomic mass is 35.5. The lowest BCUT2D eigenvalue weighted by Gasteiger charge is -2.23. The molecule has 0 saturated carbocycles. The molecule has 1 aromatic carbocycles. The van der Waals surface area contributed by atoms with Crippen LogP contribution in [0.15, 0.2) is 30.4 Å². The smallest absolute Gasteiger partial charge is 0.416 e. The first-order valence-corrected chi connectivity index (χ1v) is 7.80. The van der Waals surface area contributed by atoms with Crippen LogP contribution in [0, 0.1) is 11.8 Å². The summed E-state index contributed by atoms with van der Waals surface area (Å²) in [5, 5.41) is 9.37. The number of carboxylic acid groups (broad SMARTS) is 1. The fourth-order valence-electron chi connectivity index (χ4n) is 3.88. The predicted molar refractivity (Wildman–Crippen MR) is 80.2 cm³/mol. The van der Waals surface area contributed by atoms with Gasteiger partial charge in [0.15, 0.2) is 0 Å². The van der Waals surface area contributed by atoms with Crippen LogP contribution in [-0.4, -0.2) is 35.2 Å².